The number of piperazine rings is 1. The summed E-state index contributed by atoms with van der Waals surface area (Å²) in [6, 6.07) is 5.26. The van der Waals surface area contributed by atoms with Crippen molar-refractivity contribution in [2.24, 2.45) is 0 Å². The highest BCUT2D eigenvalue weighted by atomic mass is 16.5. The Labute approximate surface area is 253 Å². The number of carbonyl (C=O) groups is 1. The highest BCUT2D eigenvalue weighted by Crippen LogP contribution is 2.41. The molecule has 0 unspecified atom stereocenters. The number of anilines is 3. The Morgan fingerprint density at radius 1 is 1.00 bits per heavy atom. The number of ketones is 1. The van der Waals surface area contributed by atoms with Crippen molar-refractivity contribution in [3.05, 3.63) is 45.4 Å². The molecule has 0 amide bonds. The van der Waals surface area contributed by atoms with Crippen molar-refractivity contribution in [3.63, 3.8) is 0 Å². The van der Waals surface area contributed by atoms with E-state index in [0.29, 0.717) is 35.8 Å². The smallest absolute Gasteiger partial charge is 0.263 e. The molecule has 2 aromatic heterocycles. The van der Waals surface area contributed by atoms with Gasteiger partial charge in [0, 0.05) is 55.1 Å². The van der Waals surface area contributed by atoms with Gasteiger partial charge in [-0.25, -0.2) is 4.98 Å². The summed E-state index contributed by atoms with van der Waals surface area (Å²) < 4.78 is 8.15. The van der Waals surface area contributed by atoms with Crippen LogP contribution < -0.4 is 20.5 Å². The molecule has 10 heteroatoms. The molecule has 0 spiro atoms. The number of piperidine rings is 1. The molecule has 3 fully saturated rings. The second-order valence-electron chi connectivity index (χ2n) is 13.1. The summed E-state index contributed by atoms with van der Waals surface area (Å²) in [4.78, 5) is 43.2. The summed E-state index contributed by atoms with van der Waals surface area (Å²) in [5.41, 5.74) is 4.44. The van der Waals surface area contributed by atoms with E-state index in [2.05, 4.69) is 45.0 Å². The molecule has 4 aliphatic rings. The minimum Gasteiger partial charge on any atom is -0.489 e. The van der Waals surface area contributed by atoms with Crippen LogP contribution in [0.2, 0.25) is 0 Å². The molecule has 1 aliphatic carbocycles. The SMILES string of the molecule is CC(=O)c1c(C)c2cnc(Nc3cc(C)c4c(c3)OC[C@H]3CN(C5CCN(C)CC5)CCN43)nc2n(C2CCCC2)c1=O. The largest absolute Gasteiger partial charge is 0.489 e. The number of Topliss-reactive ketones (excluding diaryl/α,β-unsaturated/α-hetero) is 1. The number of likely N-dealkylation sites (tertiary alicyclic amines) is 1. The first-order valence-electron chi connectivity index (χ1n) is 15.9. The van der Waals surface area contributed by atoms with Gasteiger partial charge >= 0.3 is 0 Å². The van der Waals surface area contributed by atoms with Crippen LogP contribution in [-0.2, 0) is 0 Å². The van der Waals surface area contributed by atoms with E-state index < -0.39 is 0 Å². The summed E-state index contributed by atoms with van der Waals surface area (Å²) in [6.45, 7) is 11.6. The number of hydrogen-bond acceptors (Lipinski definition) is 9. The van der Waals surface area contributed by atoms with Crippen LogP contribution in [0.5, 0.6) is 5.75 Å². The molecule has 3 aromatic rings. The maximum absolute atomic E-state index is 13.6. The van der Waals surface area contributed by atoms with Crippen molar-refractivity contribution in [3.8, 4) is 5.75 Å². The molecule has 5 heterocycles. The number of hydrogen-bond donors (Lipinski definition) is 1. The molecule has 3 aliphatic heterocycles. The second kappa shape index (κ2) is 11.2. The molecular weight excluding hydrogens is 542 g/mol. The van der Waals surface area contributed by atoms with Gasteiger partial charge in [0.15, 0.2) is 5.78 Å². The topological polar surface area (TPSA) is 95.8 Å². The number of pyridine rings is 1. The zero-order valence-electron chi connectivity index (χ0n) is 25.9. The number of nitrogens with one attached hydrogen (secondary N) is 1. The Morgan fingerprint density at radius 2 is 1.77 bits per heavy atom. The fraction of sp³-hybridized carbons (Fsp3) is 0.576. The maximum Gasteiger partial charge on any atom is 0.263 e. The first-order chi connectivity index (χ1) is 20.8. The van der Waals surface area contributed by atoms with Gasteiger partial charge in [-0.3, -0.25) is 19.1 Å². The van der Waals surface area contributed by atoms with Gasteiger partial charge in [-0.2, -0.15) is 4.98 Å². The molecule has 1 atom stereocenters. The van der Waals surface area contributed by atoms with Gasteiger partial charge in [0.1, 0.15) is 18.0 Å². The summed E-state index contributed by atoms with van der Waals surface area (Å²) in [5.74, 6) is 1.10. The molecule has 0 radical (unpaired) electrons. The van der Waals surface area contributed by atoms with Crippen LogP contribution >= 0.6 is 0 Å². The monoisotopic (exact) mass is 585 g/mol. The van der Waals surface area contributed by atoms with Gasteiger partial charge < -0.3 is 19.9 Å². The average Bonchev–Trinajstić information content (AvgIpc) is 3.51. The number of fused-ring (bicyclic) bond motifs is 4. The quantitative estimate of drug-likeness (QED) is 0.436. The van der Waals surface area contributed by atoms with E-state index in [-0.39, 0.29) is 22.9 Å². The van der Waals surface area contributed by atoms with Gasteiger partial charge in [-0.15, -0.1) is 0 Å². The van der Waals surface area contributed by atoms with Gasteiger partial charge in [0.2, 0.25) is 5.95 Å². The lowest BCUT2D eigenvalue weighted by Crippen LogP contribution is -2.60. The van der Waals surface area contributed by atoms with Crippen LogP contribution in [0.25, 0.3) is 11.0 Å². The van der Waals surface area contributed by atoms with Gasteiger partial charge in [0.05, 0.1) is 17.3 Å². The van der Waals surface area contributed by atoms with Crippen molar-refractivity contribution < 1.29 is 9.53 Å². The number of benzene rings is 1. The Bertz CT molecular complexity index is 1620. The van der Waals surface area contributed by atoms with Crippen LogP contribution in [0.4, 0.5) is 17.3 Å². The number of aryl methyl sites for hydroxylation is 2. The standard InChI is InChI=1S/C33H43N7O3/c1-20-15-23(16-28-30(20)39-14-13-38(18-26(39)19-43-28)24-9-11-37(4)12-10-24)35-33-34-17-27-21(2)29(22(3)41)32(42)40(31(27)36-33)25-7-5-6-8-25/h15-17,24-26H,5-14,18-19H2,1-4H3,(H,34,35,36)/t26-/m1/s1. The van der Waals surface area contributed by atoms with Crippen LogP contribution in [0.3, 0.4) is 0 Å². The van der Waals surface area contributed by atoms with E-state index in [4.69, 9.17) is 9.72 Å². The van der Waals surface area contributed by atoms with Crippen LogP contribution in [0.1, 0.15) is 73.0 Å². The van der Waals surface area contributed by atoms with E-state index in [1.165, 1.54) is 38.5 Å². The number of rotatable bonds is 5. The Kier molecular flexibility index (Phi) is 7.37. The highest BCUT2D eigenvalue weighted by molar-refractivity contribution is 5.99. The maximum atomic E-state index is 13.6. The normalized spacial score (nSPS) is 22.0. The van der Waals surface area contributed by atoms with Crippen LogP contribution in [-0.4, -0.2) is 88.6 Å². The highest BCUT2D eigenvalue weighted by Gasteiger charge is 2.37. The fourth-order valence-corrected chi connectivity index (χ4v) is 7.93. The van der Waals surface area contributed by atoms with Gasteiger partial charge in [0.25, 0.3) is 5.56 Å². The average molecular weight is 586 g/mol. The lowest BCUT2D eigenvalue weighted by atomic mass is 9.99. The molecule has 228 valence electrons. The molecule has 43 heavy (non-hydrogen) atoms. The summed E-state index contributed by atoms with van der Waals surface area (Å²) in [7, 11) is 2.22. The predicted octanol–water partition coefficient (Wildman–Crippen LogP) is 4.45. The Balaban J connectivity index is 1.16. The van der Waals surface area contributed by atoms with Crippen molar-refractivity contribution in [1.82, 2.24) is 24.3 Å². The van der Waals surface area contributed by atoms with Crippen molar-refractivity contribution in [2.75, 3.05) is 56.6 Å². The van der Waals surface area contributed by atoms with Crippen molar-refractivity contribution in [2.45, 2.75) is 77.4 Å². The van der Waals surface area contributed by atoms with E-state index in [9.17, 15) is 9.59 Å². The number of nitrogens with zero attached hydrogens (tertiary/aromatic N) is 6. The molecular formula is C33H43N7O3. The van der Waals surface area contributed by atoms with Crippen LogP contribution in [0, 0.1) is 13.8 Å². The molecule has 1 saturated carbocycles. The fourth-order valence-electron chi connectivity index (χ4n) is 7.93. The molecule has 2 saturated heterocycles. The van der Waals surface area contributed by atoms with E-state index >= 15 is 0 Å². The lowest BCUT2D eigenvalue weighted by molar-refractivity contribution is 0.0867. The minimum absolute atomic E-state index is 0.0451. The molecule has 1 aromatic carbocycles. The third-order valence-electron chi connectivity index (χ3n) is 10.2. The minimum atomic E-state index is -0.238. The zero-order valence-corrected chi connectivity index (χ0v) is 25.9. The zero-order chi connectivity index (χ0) is 29.8. The first kappa shape index (κ1) is 28.3. The summed E-state index contributed by atoms with van der Waals surface area (Å²) in [6.07, 6.45) is 8.21. The van der Waals surface area contributed by atoms with Crippen LogP contribution in [0.15, 0.2) is 23.1 Å². The van der Waals surface area contributed by atoms with Crippen molar-refractivity contribution >= 4 is 34.1 Å². The first-order valence-corrected chi connectivity index (χ1v) is 15.9. The molecule has 7 rings (SSSR count). The lowest BCUT2D eigenvalue weighted by Gasteiger charge is -2.49. The van der Waals surface area contributed by atoms with Gasteiger partial charge in [-0.05, 0) is 83.8 Å². The molecule has 0 bridgehead atoms. The number of ether oxygens (including phenoxy) is 1. The number of carbonyl (C=O) groups excluding carboxylic acids is 1. The van der Waals surface area contributed by atoms with Crippen molar-refractivity contribution in [1.29, 1.82) is 0 Å². The van der Waals surface area contributed by atoms with E-state index in [1.54, 1.807) is 10.8 Å². The third kappa shape index (κ3) is 5.08. The Hall–Kier alpha value is -3.50. The molecule has 1 N–H and O–H groups in total. The second-order valence-corrected chi connectivity index (χ2v) is 13.1. The predicted molar refractivity (Wildman–Crippen MR) is 169 cm³/mol. The summed E-state index contributed by atoms with van der Waals surface area (Å²) >= 11 is 0. The van der Waals surface area contributed by atoms with E-state index in [1.807, 2.05) is 13.0 Å². The third-order valence-corrected chi connectivity index (χ3v) is 10.2. The molecule has 10 nitrogen and oxygen atoms in total. The number of aromatic nitrogens is 3. The van der Waals surface area contributed by atoms with E-state index in [0.717, 1.165) is 67.7 Å². The summed E-state index contributed by atoms with van der Waals surface area (Å²) in [5, 5.41) is 4.14. The van der Waals surface area contributed by atoms with Gasteiger partial charge in [-0.1, -0.05) is 12.8 Å². The Morgan fingerprint density at radius 3 is 2.51 bits per heavy atom.